The van der Waals surface area contributed by atoms with E-state index in [0.717, 1.165) is 63.2 Å². The number of amides is 1. The lowest BCUT2D eigenvalue weighted by Gasteiger charge is -2.29. The first-order chi connectivity index (χ1) is 12.5. The molecule has 2 aliphatic heterocycles. The van der Waals surface area contributed by atoms with Crippen LogP contribution in [0.2, 0.25) is 0 Å². The molecular formula is C18H30Cl2N4O3S. The maximum absolute atomic E-state index is 12.6. The molecule has 0 unspecified atom stereocenters. The van der Waals surface area contributed by atoms with Crippen molar-refractivity contribution >= 4 is 46.4 Å². The third kappa shape index (κ3) is 6.30. The monoisotopic (exact) mass is 452 g/mol. The summed E-state index contributed by atoms with van der Waals surface area (Å²) in [6, 6.07) is 5.11. The smallest absolute Gasteiger partial charge is 0.240 e. The van der Waals surface area contributed by atoms with Crippen LogP contribution < -0.4 is 14.9 Å². The molecule has 0 aliphatic carbocycles. The highest BCUT2D eigenvalue weighted by Gasteiger charge is 2.23. The summed E-state index contributed by atoms with van der Waals surface area (Å²) in [5, 5.41) is 3.31. The number of hydrogen-bond donors (Lipinski definition) is 2. The van der Waals surface area contributed by atoms with Crippen LogP contribution >= 0.6 is 24.8 Å². The molecule has 2 N–H and O–H groups in total. The third-order valence-corrected chi connectivity index (χ3v) is 6.48. The number of carbonyl (C=O) groups excluding carboxylic acids is 1. The van der Waals surface area contributed by atoms with E-state index in [1.165, 1.54) is 6.92 Å². The molecule has 2 aliphatic rings. The number of sulfonamides is 1. The largest absolute Gasteiger partial charge is 0.314 e. The fraction of sp³-hybridized carbons (Fsp3) is 0.611. The zero-order chi connectivity index (χ0) is 18.6. The molecule has 160 valence electrons. The first-order valence-corrected chi connectivity index (χ1v) is 10.8. The zero-order valence-electron chi connectivity index (χ0n) is 16.1. The van der Waals surface area contributed by atoms with Gasteiger partial charge in [-0.2, -0.15) is 0 Å². The summed E-state index contributed by atoms with van der Waals surface area (Å²) >= 11 is 0. The lowest BCUT2D eigenvalue weighted by molar-refractivity contribution is -0.116. The Morgan fingerprint density at radius 2 is 1.89 bits per heavy atom. The molecule has 3 rings (SSSR count). The molecule has 1 saturated heterocycles. The van der Waals surface area contributed by atoms with Crippen LogP contribution in [0.1, 0.15) is 25.3 Å². The summed E-state index contributed by atoms with van der Waals surface area (Å²) in [7, 11) is -3.56. The predicted octanol–water partition coefficient (Wildman–Crippen LogP) is 1.40. The van der Waals surface area contributed by atoms with Gasteiger partial charge in [-0.1, -0.05) is 6.07 Å². The van der Waals surface area contributed by atoms with Crippen LogP contribution in [-0.2, 0) is 21.2 Å². The van der Waals surface area contributed by atoms with Gasteiger partial charge in [0.1, 0.15) is 0 Å². The number of nitrogens with one attached hydrogen (secondary N) is 2. The summed E-state index contributed by atoms with van der Waals surface area (Å²) in [6.07, 6.45) is 2.56. The average molecular weight is 453 g/mol. The molecule has 28 heavy (non-hydrogen) atoms. The van der Waals surface area contributed by atoms with Crippen LogP contribution in [0.5, 0.6) is 0 Å². The summed E-state index contributed by atoms with van der Waals surface area (Å²) in [5.41, 5.74) is 1.76. The van der Waals surface area contributed by atoms with E-state index in [0.29, 0.717) is 13.1 Å². The van der Waals surface area contributed by atoms with Gasteiger partial charge < -0.3 is 15.1 Å². The SMILES string of the molecule is CC(=O)N1CCCc2ccc(S(=O)(=O)NCCCN3CCNCC3)cc21.Cl.Cl. The predicted molar refractivity (Wildman–Crippen MR) is 116 cm³/mol. The number of piperazine rings is 1. The highest BCUT2D eigenvalue weighted by molar-refractivity contribution is 7.89. The van der Waals surface area contributed by atoms with E-state index in [2.05, 4.69) is 14.9 Å². The van der Waals surface area contributed by atoms with E-state index < -0.39 is 10.0 Å². The molecule has 7 nitrogen and oxygen atoms in total. The second-order valence-corrected chi connectivity index (χ2v) is 8.67. The van der Waals surface area contributed by atoms with Gasteiger partial charge in [-0.05, 0) is 43.5 Å². The van der Waals surface area contributed by atoms with Crippen LogP contribution in [0.3, 0.4) is 0 Å². The first-order valence-electron chi connectivity index (χ1n) is 9.31. The molecule has 0 atom stereocenters. The standard InChI is InChI=1S/C18H28N4O3S.2ClH/c1-15(23)22-11-2-4-16-5-6-17(14-18(16)22)26(24,25)20-7-3-10-21-12-8-19-9-13-21;;/h5-6,14,19-20H,2-4,7-13H2,1H3;2*1H. The molecular weight excluding hydrogens is 423 g/mol. The molecule has 0 saturated carbocycles. The molecule has 1 aromatic carbocycles. The summed E-state index contributed by atoms with van der Waals surface area (Å²) < 4.78 is 27.9. The second kappa shape index (κ2) is 11.3. The summed E-state index contributed by atoms with van der Waals surface area (Å²) in [5.74, 6) is -0.0514. The van der Waals surface area contributed by atoms with Crippen LogP contribution in [-0.4, -0.2) is 65.0 Å². The topological polar surface area (TPSA) is 81.8 Å². The quantitative estimate of drug-likeness (QED) is 0.637. The molecule has 10 heteroatoms. The molecule has 2 heterocycles. The maximum atomic E-state index is 12.6. The Kier molecular flexibility index (Phi) is 10.2. The summed E-state index contributed by atoms with van der Waals surface area (Å²) in [6.45, 7) is 7.48. The number of rotatable bonds is 6. The Balaban J connectivity index is 0.00000196. The minimum atomic E-state index is -3.56. The number of hydrogen-bond acceptors (Lipinski definition) is 5. The third-order valence-electron chi connectivity index (χ3n) is 5.02. The van der Waals surface area contributed by atoms with Gasteiger partial charge in [-0.25, -0.2) is 13.1 Å². The van der Waals surface area contributed by atoms with Crippen molar-refractivity contribution in [3.8, 4) is 0 Å². The van der Waals surface area contributed by atoms with Crippen molar-refractivity contribution in [3.63, 3.8) is 0 Å². The minimum Gasteiger partial charge on any atom is -0.314 e. The fourth-order valence-corrected chi connectivity index (χ4v) is 4.67. The number of fused-ring (bicyclic) bond motifs is 1. The van der Waals surface area contributed by atoms with Crippen molar-refractivity contribution in [3.05, 3.63) is 23.8 Å². The Bertz CT molecular complexity index is 755. The molecule has 0 aromatic heterocycles. The number of anilines is 1. The van der Waals surface area contributed by atoms with E-state index in [1.54, 1.807) is 17.0 Å². The Hall–Kier alpha value is -0.900. The van der Waals surface area contributed by atoms with Gasteiger partial charge in [-0.15, -0.1) is 24.8 Å². The Morgan fingerprint density at radius 1 is 1.18 bits per heavy atom. The van der Waals surface area contributed by atoms with Crippen LogP contribution in [0.25, 0.3) is 0 Å². The van der Waals surface area contributed by atoms with Gasteiger partial charge in [0.05, 0.1) is 4.90 Å². The van der Waals surface area contributed by atoms with Gasteiger partial charge in [0.15, 0.2) is 0 Å². The van der Waals surface area contributed by atoms with Crippen LogP contribution in [0, 0.1) is 0 Å². The van der Waals surface area contributed by atoms with Crippen molar-refractivity contribution in [2.45, 2.75) is 31.1 Å². The fourth-order valence-electron chi connectivity index (χ4n) is 3.58. The van der Waals surface area contributed by atoms with Gasteiger partial charge in [-0.3, -0.25) is 4.79 Å². The molecule has 1 aromatic rings. The normalized spacial score (nSPS) is 17.2. The van der Waals surface area contributed by atoms with Crippen molar-refractivity contribution in [1.29, 1.82) is 0 Å². The van der Waals surface area contributed by atoms with Crippen molar-refractivity contribution in [1.82, 2.24) is 14.9 Å². The van der Waals surface area contributed by atoms with E-state index in [-0.39, 0.29) is 35.6 Å². The highest BCUT2D eigenvalue weighted by Crippen LogP contribution is 2.29. The number of nitrogens with zero attached hydrogens (tertiary/aromatic N) is 2. The van der Waals surface area contributed by atoms with E-state index in [4.69, 9.17) is 0 Å². The van der Waals surface area contributed by atoms with E-state index in [9.17, 15) is 13.2 Å². The lowest BCUT2D eigenvalue weighted by atomic mass is 10.0. The second-order valence-electron chi connectivity index (χ2n) is 6.91. The molecule has 0 bridgehead atoms. The number of aryl methyl sites for hydroxylation is 1. The Morgan fingerprint density at radius 3 is 2.57 bits per heavy atom. The molecule has 0 radical (unpaired) electrons. The van der Waals surface area contributed by atoms with Crippen molar-refractivity contribution in [2.24, 2.45) is 0 Å². The lowest BCUT2D eigenvalue weighted by Crippen LogP contribution is -2.44. The maximum Gasteiger partial charge on any atom is 0.240 e. The van der Waals surface area contributed by atoms with Crippen LogP contribution in [0.4, 0.5) is 5.69 Å². The van der Waals surface area contributed by atoms with Gasteiger partial charge >= 0.3 is 0 Å². The van der Waals surface area contributed by atoms with Gasteiger partial charge in [0, 0.05) is 51.9 Å². The molecule has 1 amide bonds. The van der Waals surface area contributed by atoms with Crippen molar-refractivity contribution in [2.75, 3.05) is 50.7 Å². The number of halogens is 2. The van der Waals surface area contributed by atoms with E-state index >= 15 is 0 Å². The van der Waals surface area contributed by atoms with Gasteiger partial charge in [0.25, 0.3) is 0 Å². The molecule has 0 spiro atoms. The number of benzene rings is 1. The summed E-state index contributed by atoms with van der Waals surface area (Å²) in [4.78, 5) is 16.1. The van der Waals surface area contributed by atoms with Crippen molar-refractivity contribution < 1.29 is 13.2 Å². The number of carbonyl (C=O) groups is 1. The highest BCUT2D eigenvalue weighted by atomic mass is 35.5. The van der Waals surface area contributed by atoms with Crippen LogP contribution in [0.15, 0.2) is 23.1 Å². The average Bonchev–Trinajstić information content (AvgIpc) is 2.65. The Labute approximate surface area is 180 Å². The minimum absolute atomic E-state index is 0. The van der Waals surface area contributed by atoms with Gasteiger partial charge in [0.2, 0.25) is 15.9 Å². The van der Waals surface area contributed by atoms with E-state index in [1.807, 2.05) is 6.07 Å². The molecule has 1 fully saturated rings. The zero-order valence-corrected chi connectivity index (χ0v) is 18.6. The first kappa shape index (κ1) is 25.1.